The lowest BCUT2D eigenvalue weighted by Gasteiger charge is -1.98. The molecular weight excluding hydrogens is 230 g/mol. The molecule has 2 nitrogen and oxygen atoms in total. The van der Waals surface area contributed by atoms with E-state index in [-0.39, 0.29) is 5.12 Å². The molecule has 0 unspecified atom stereocenters. The van der Waals surface area contributed by atoms with Gasteiger partial charge in [-0.3, -0.25) is 4.79 Å². The van der Waals surface area contributed by atoms with Gasteiger partial charge in [0.25, 0.3) is 0 Å². The Balaban J connectivity index is 2.54. The Morgan fingerprint density at radius 1 is 1.53 bits per heavy atom. The molecular formula is C14H15NOS. The second kappa shape index (κ2) is 6.93. The number of nitriles is 1. The van der Waals surface area contributed by atoms with Crippen molar-refractivity contribution in [2.75, 3.05) is 5.75 Å². The number of carbonyl (C=O) groups is 1. The summed E-state index contributed by atoms with van der Waals surface area (Å²) >= 11 is 1.33. The Kier molecular flexibility index (Phi) is 5.51. The van der Waals surface area contributed by atoms with Crippen molar-refractivity contribution in [3.8, 4) is 6.07 Å². The first-order valence-corrected chi connectivity index (χ1v) is 6.42. The van der Waals surface area contributed by atoms with E-state index in [0.717, 1.165) is 23.3 Å². The number of benzene rings is 1. The molecule has 1 rings (SSSR count). The molecule has 0 aliphatic carbocycles. The molecule has 0 atom stereocenters. The van der Waals surface area contributed by atoms with Gasteiger partial charge in [0, 0.05) is 12.7 Å². The summed E-state index contributed by atoms with van der Waals surface area (Å²) in [7, 11) is 0. The Bertz CT molecular complexity index is 472. The fourth-order valence-corrected chi connectivity index (χ4v) is 1.90. The maximum absolute atomic E-state index is 10.7. The third-order valence-electron chi connectivity index (χ3n) is 2.28. The summed E-state index contributed by atoms with van der Waals surface area (Å²) in [4.78, 5) is 10.7. The minimum atomic E-state index is 0.153. The predicted octanol–water partition coefficient (Wildman–Crippen LogP) is 3.55. The molecule has 0 spiro atoms. The molecule has 0 radical (unpaired) electrons. The largest absolute Gasteiger partial charge is 0.288 e. The minimum absolute atomic E-state index is 0.153. The zero-order valence-corrected chi connectivity index (χ0v) is 10.9. The highest BCUT2D eigenvalue weighted by atomic mass is 32.2. The maximum atomic E-state index is 10.7. The van der Waals surface area contributed by atoms with Crippen molar-refractivity contribution < 1.29 is 4.79 Å². The lowest BCUT2D eigenvalue weighted by atomic mass is 10.1. The van der Waals surface area contributed by atoms with E-state index in [2.05, 4.69) is 6.07 Å². The van der Waals surface area contributed by atoms with Crippen LogP contribution in [0.1, 0.15) is 30.0 Å². The van der Waals surface area contributed by atoms with E-state index in [1.165, 1.54) is 11.8 Å². The number of aryl methyl sites for hydroxylation is 1. The van der Waals surface area contributed by atoms with Crippen molar-refractivity contribution >= 4 is 23.0 Å². The van der Waals surface area contributed by atoms with E-state index >= 15 is 0 Å². The summed E-state index contributed by atoms with van der Waals surface area (Å²) in [5.74, 6) is 0.808. The third kappa shape index (κ3) is 4.88. The molecule has 0 amide bonds. The van der Waals surface area contributed by atoms with Gasteiger partial charge < -0.3 is 0 Å². The highest BCUT2D eigenvalue weighted by molar-refractivity contribution is 8.13. The van der Waals surface area contributed by atoms with Crippen molar-refractivity contribution in [2.24, 2.45) is 0 Å². The highest BCUT2D eigenvalue weighted by Crippen LogP contribution is 2.12. The van der Waals surface area contributed by atoms with E-state index in [4.69, 9.17) is 5.26 Å². The summed E-state index contributed by atoms with van der Waals surface area (Å²) < 4.78 is 0. The van der Waals surface area contributed by atoms with Gasteiger partial charge in [0.05, 0.1) is 11.6 Å². The zero-order chi connectivity index (χ0) is 12.7. The van der Waals surface area contributed by atoms with Crippen LogP contribution >= 0.6 is 11.8 Å². The summed E-state index contributed by atoms with van der Waals surface area (Å²) in [5.41, 5.74) is 2.74. The van der Waals surface area contributed by atoms with E-state index in [0.29, 0.717) is 5.56 Å². The van der Waals surface area contributed by atoms with Crippen LogP contribution in [0, 0.1) is 18.3 Å². The van der Waals surface area contributed by atoms with E-state index in [1.807, 2.05) is 37.3 Å². The first-order valence-electron chi connectivity index (χ1n) is 5.44. The summed E-state index contributed by atoms with van der Waals surface area (Å²) in [6, 6.07) is 7.99. The summed E-state index contributed by atoms with van der Waals surface area (Å²) in [5, 5.41) is 9.05. The van der Waals surface area contributed by atoms with Gasteiger partial charge in [-0.2, -0.15) is 5.26 Å². The molecule has 1 aromatic rings. The Morgan fingerprint density at radius 2 is 2.29 bits per heavy atom. The van der Waals surface area contributed by atoms with Crippen LogP contribution in [-0.4, -0.2) is 10.9 Å². The number of thioether (sulfide) groups is 1. The topological polar surface area (TPSA) is 40.9 Å². The van der Waals surface area contributed by atoms with Gasteiger partial charge in [-0.25, -0.2) is 0 Å². The Hall–Kier alpha value is -1.53. The standard InChI is InChI=1S/C14H15NOS/c1-11-6-7-13(9-14(11)10-15)5-3-4-8-17-12(2)16/h3,5-7,9H,4,8H2,1-2H3. The zero-order valence-electron chi connectivity index (χ0n) is 10.1. The highest BCUT2D eigenvalue weighted by Gasteiger charge is 1.96. The molecule has 17 heavy (non-hydrogen) atoms. The van der Waals surface area contributed by atoms with Gasteiger partial charge in [0.1, 0.15) is 0 Å². The molecule has 0 saturated carbocycles. The van der Waals surface area contributed by atoms with Crippen LogP contribution in [0.3, 0.4) is 0 Å². The van der Waals surface area contributed by atoms with Gasteiger partial charge >= 0.3 is 0 Å². The predicted molar refractivity (Wildman–Crippen MR) is 72.7 cm³/mol. The fourth-order valence-electron chi connectivity index (χ4n) is 1.35. The van der Waals surface area contributed by atoms with E-state index in [1.54, 1.807) is 6.92 Å². The molecule has 3 heteroatoms. The normalized spacial score (nSPS) is 10.4. The first-order chi connectivity index (χ1) is 8.13. The first kappa shape index (κ1) is 13.5. The van der Waals surface area contributed by atoms with Crippen molar-refractivity contribution in [2.45, 2.75) is 20.3 Å². The van der Waals surface area contributed by atoms with Crippen molar-refractivity contribution in [1.29, 1.82) is 5.26 Å². The smallest absolute Gasteiger partial charge is 0.185 e. The second-order valence-corrected chi connectivity index (χ2v) is 4.99. The van der Waals surface area contributed by atoms with Crippen LogP contribution in [0.5, 0.6) is 0 Å². The van der Waals surface area contributed by atoms with Gasteiger partial charge in [-0.15, -0.1) is 0 Å². The Labute approximate surface area is 106 Å². The van der Waals surface area contributed by atoms with Crippen molar-refractivity contribution in [1.82, 2.24) is 0 Å². The molecule has 0 aliphatic rings. The van der Waals surface area contributed by atoms with Crippen molar-refractivity contribution in [3.05, 3.63) is 41.0 Å². The number of hydrogen-bond acceptors (Lipinski definition) is 3. The molecule has 1 aromatic carbocycles. The molecule has 88 valence electrons. The molecule has 0 fully saturated rings. The molecule has 0 N–H and O–H groups in total. The SMILES string of the molecule is CC(=O)SCCC=Cc1ccc(C)c(C#N)c1. The van der Waals surface area contributed by atoms with Gasteiger partial charge in [0.15, 0.2) is 5.12 Å². The van der Waals surface area contributed by atoms with Gasteiger partial charge in [-0.05, 0) is 30.5 Å². The quantitative estimate of drug-likeness (QED) is 0.762. The lowest BCUT2D eigenvalue weighted by Crippen LogP contribution is -1.85. The monoisotopic (exact) mass is 245 g/mol. The molecule has 0 heterocycles. The molecule has 0 aliphatic heterocycles. The second-order valence-electron chi connectivity index (χ2n) is 3.72. The van der Waals surface area contributed by atoms with Crippen LogP contribution < -0.4 is 0 Å². The molecule has 0 aromatic heterocycles. The fraction of sp³-hybridized carbons (Fsp3) is 0.286. The van der Waals surface area contributed by atoms with Crippen LogP contribution in [0.4, 0.5) is 0 Å². The maximum Gasteiger partial charge on any atom is 0.185 e. The number of hydrogen-bond donors (Lipinski definition) is 0. The van der Waals surface area contributed by atoms with Crippen LogP contribution in [0.2, 0.25) is 0 Å². The average Bonchev–Trinajstić information content (AvgIpc) is 2.30. The molecule has 0 bridgehead atoms. The third-order valence-corrected chi connectivity index (χ3v) is 3.13. The van der Waals surface area contributed by atoms with Crippen LogP contribution in [0.25, 0.3) is 6.08 Å². The van der Waals surface area contributed by atoms with E-state index in [9.17, 15) is 4.79 Å². The Morgan fingerprint density at radius 3 is 2.94 bits per heavy atom. The minimum Gasteiger partial charge on any atom is -0.288 e. The lowest BCUT2D eigenvalue weighted by molar-refractivity contribution is -0.109. The summed E-state index contributed by atoms with van der Waals surface area (Å²) in [6.07, 6.45) is 4.88. The van der Waals surface area contributed by atoms with Gasteiger partial charge in [0.2, 0.25) is 0 Å². The number of nitrogens with zero attached hydrogens (tertiary/aromatic N) is 1. The van der Waals surface area contributed by atoms with Crippen LogP contribution in [-0.2, 0) is 4.79 Å². The van der Waals surface area contributed by atoms with Crippen molar-refractivity contribution in [3.63, 3.8) is 0 Å². The molecule has 0 saturated heterocycles. The number of rotatable bonds is 4. The number of carbonyl (C=O) groups excluding carboxylic acids is 1. The average molecular weight is 245 g/mol. The summed E-state index contributed by atoms with van der Waals surface area (Å²) in [6.45, 7) is 3.50. The number of allylic oxidation sites excluding steroid dienone is 1. The van der Waals surface area contributed by atoms with E-state index < -0.39 is 0 Å². The van der Waals surface area contributed by atoms with Gasteiger partial charge in [-0.1, -0.05) is 36.0 Å². The van der Waals surface area contributed by atoms with Crippen LogP contribution in [0.15, 0.2) is 24.3 Å².